The Bertz CT molecular complexity index is 561. The van der Waals surface area contributed by atoms with Gasteiger partial charge < -0.3 is 10.2 Å². The molecule has 1 aromatic carbocycles. The molecule has 2 rings (SSSR count). The van der Waals surface area contributed by atoms with E-state index in [1.807, 2.05) is 58.0 Å². The Kier molecular flexibility index (Phi) is 4.46. The second kappa shape index (κ2) is 6.12. The van der Waals surface area contributed by atoms with Gasteiger partial charge in [0.05, 0.1) is 5.70 Å². The molecule has 4 nitrogen and oxygen atoms in total. The first kappa shape index (κ1) is 15.3. The SMILES string of the molecule is CC(C)C(=O)N1C=C(c2ccccc2)NC(=O)C1C(C)C. The quantitative estimate of drug-likeness (QED) is 0.928. The van der Waals surface area contributed by atoms with Crippen LogP contribution in [0.5, 0.6) is 0 Å². The maximum absolute atomic E-state index is 12.4. The van der Waals surface area contributed by atoms with Crippen molar-refractivity contribution in [2.45, 2.75) is 33.7 Å². The van der Waals surface area contributed by atoms with Crippen molar-refractivity contribution in [3.8, 4) is 0 Å². The van der Waals surface area contributed by atoms with Crippen molar-refractivity contribution >= 4 is 17.5 Å². The van der Waals surface area contributed by atoms with Gasteiger partial charge in [-0.2, -0.15) is 0 Å². The molecule has 0 radical (unpaired) electrons. The third-order valence-corrected chi connectivity index (χ3v) is 3.56. The third-order valence-electron chi connectivity index (χ3n) is 3.56. The molecule has 1 unspecified atom stereocenters. The van der Waals surface area contributed by atoms with E-state index in [-0.39, 0.29) is 23.7 Å². The largest absolute Gasteiger partial charge is 0.322 e. The Labute approximate surface area is 125 Å². The summed E-state index contributed by atoms with van der Waals surface area (Å²) in [6.07, 6.45) is 1.77. The predicted octanol–water partition coefficient (Wildman–Crippen LogP) is 2.62. The van der Waals surface area contributed by atoms with Gasteiger partial charge in [-0.1, -0.05) is 58.0 Å². The van der Waals surface area contributed by atoms with Crippen LogP contribution in [-0.4, -0.2) is 22.8 Å². The smallest absolute Gasteiger partial charge is 0.247 e. The molecule has 0 aliphatic carbocycles. The molecule has 21 heavy (non-hydrogen) atoms. The fourth-order valence-electron chi connectivity index (χ4n) is 2.47. The number of nitrogens with zero attached hydrogens (tertiary/aromatic N) is 1. The van der Waals surface area contributed by atoms with Crippen LogP contribution < -0.4 is 5.32 Å². The van der Waals surface area contributed by atoms with Gasteiger partial charge in [0.15, 0.2) is 0 Å². The van der Waals surface area contributed by atoms with Crippen LogP contribution in [0.4, 0.5) is 0 Å². The fraction of sp³-hybridized carbons (Fsp3) is 0.412. The molecule has 0 fully saturated rings. The van der Waals surface area contributed by atoms with Gasteiger partial charge in [0.1, 0.15) is 6.04 Å². The molecule has 1 aliphatic heterocycles. The third kappa shape index (κ3) is 3.15. The molecule has 2 amide bonds. The molecule has 1 aromatic rings. The van der Waals surface area contributed by atoms with Gasteiger partial charge in [0.25, 0.3) is 0 Å². The predicted molar refractivity (Wildman–Crippen MR) is 82.9 cm³/mol. The summed E-state index contributed by atoms with van der Waals surface area (Å²) in [5.41, 5.74) is 1.57. The molecular formula is C17H22N2O2. The van der Waals surface area contributed by atoms with Gasteiger partial charge in [-0.15, -0.1) is 0 Å². The second-order valence-electron chi connectivity index (χ2n) is 5.99. The Morgan fingerprint density at radius 2 is 1.76 bits per heavy atom. The highest BCUT2D eigenvalue weighted by Crippen LogP contribution is 2.24. The highest BCUT2D eigenvalue weighted by Gasteiger charge is 2.36. The molecule has 0 aromatic heterocycles. The van der Waals surface area contributed by atoms with Crippen molar-refractivity contribution in [2.75, 3.05) is 0 Å². The topological polar surface area (TPSA) is 49.4 Å². The van der Waals surface area contributed by atoms with E-state index in [4.69, 9.17) is 0 Å². The number of hydrogen-bond donors (Lipinski definition) is 1. The standard InChI is InChI=1S/C17H22N2O2/c1-11(2)15-16(20)18-14(13-8-6-5-7-9-13)10-19(15)17(21)12(3)4/h5-12,15H,1-4H3,(H,18,20). The second-order valence-corrected chi connectivity index (χ2v) is 5.99. The number of amides is 2. The summed E-state index contributed by atoms with van der Waals surface area (Å²) in [7, 11) is 0. The molecule has 1 N–H and O–H groups in total. The molecule has 4 heteroatoms. The number of hydrogen-bond acceptors (Lipinski definition) is 2. The molecular weight excluding hydrogens is 264 g/mol. The van der Waals surface area contributed by atoms with E-state index in [9.17, 15) is 9.59 Å². The minimum atomic E-state index is -0.452. The Morgan fingerprint density at radius 3 is 2.29 bits per heavy atom. The maximum atomic E-state index is 12.4. The van der Waals surface area contributed by atoms with Crippen LogP contribution in [0.15, 0.2) is 36.5 Å². The van der Waals surface area contributed by atoms with Crippen LogP contribution in [-0.2, 0) is 9.59 Å². The first-order valence-electron chi connectivity index (χ1n) is 7.32. The monoisotopic (exact) mass is 286 g/mol. The van der Waals surface area contributed by atoms with Crippen LogP contribution in [0.1, 0.15) is 33.3 Å². The maximum Gasteiger partial charge on any atom is 0.247 e. The Morgan fingerprint density at radius 1 is 1.14 bits per heavy atom. The van der Waals surface area contributed by atoms with Gasteiger partial charge in [-0.05, 0) is 11.5 Å². The van der Waals surface area contributed by atoms with Crippen LogP contribution in [0.25, 0.3) is 5.70 Å². The van der Waals surface area contributed by atoms with Crippen molar-refractivity contribution in [1.29, 1.82) is 0 Å². The highest BCUT2D eigenvalue weighted by molar-refractivity contribution is 5.97. The summed E-state index contributed by atoms with van der Waals surface area (Å²) >= 11 is 0. The molecule has 0 saturated heterocycles. The van der Waals surface area contributed by atoms with Crippen molar-refractivity contribution in [1.82, 2.24) is 10.2 Å². The number of carbonyl (C=O) groups excluding carboxylic acids is 2. The summed E-state index contributed by atoms with van der Waals surface area (Å²) < 4.78 is 0. The summed E-state index contributed by atoms with van der Waals surface area (Å²) in [5, 5.41) is 2.92. The van der Waals surface area contributed by atoms with E-state index >= 15 is 0 Å². The number of rotatable bonds is 3. The minimum absolute atomic E-state index is 0.0306. The van der Waals surface area contributed by atoms with Crippen LogP contribution >= 0.6 is 0 Å². The van der Waals surface area contributed by atoms with Gasteiger partial charge >= 0.3 is 0 Å². The summed E-state index contributed by atoms with van der Waals surface area (Å²) in [5.74, 6) is -0.246. The van der Waals surface area contributed by atoms with E-state index in [1.165, 1.54) is 0 Å². The van der Waals surface area contributed by atoms with Crippen molar-refractivity contribution in [3.05, 3.63) is 42.1 Å². The normalized spacial score (nSPS) is 18.8. The molecule has 0 saturated carbocycles. The lowest BCUT2D eigenvalue weighted by molar-refractivity contribution is -0.141. The van der Waals surface area contributed by atoms with E-state index in [0.29, 0.717) is 5.70 Å². The lowest BCUT2D eigenvalue weighted by Crippen LogP contribution is -2.54. The van der Waals surface area contributed by atoms with Crippen LogP contribution in [0, 0.1) is 11.8 Å². The zero-order valence-electron chi connectivity index (χ0n) is 13.0. The van der Waals surface area contributed by atoms with Crippen molar-refractivity contribution < 1.29 is 9.59 Å². The molecule has 1 aliphatic rings. The molecule has 1 heterocycles. The van der Waals surface area contributed by atoms with E-state index in [2.05, 4.69) is 5.32 Å². The highest BCUT2D eigenvalue weighted by atomic mass is 16.2. The van der Waals surface area contributed by atoms with Crippen molar-refractivity contribution in [3.63, 3.8) is 0 Å². The first-order chi connectivity index (χ1) is 9.91. The van der Waals surface area contributed by atoms with Gasteiger partial charge in [0, 0.05) is 12.1 Å². The Balaban J connectivity index is 2.43. The van der Waals surface area contributed by atoms with Gasteiger partial charge in [-0.3, -0.25) is 9.59 Å². The van der Waals surface area contributed by atoms with E-state index in [0.717, 1.165) is 5.56 Å². The molecule has 0 bridgehead atoms. The lowest BCUT2D eigenvalue weighted by Gasteiger charge is -2.36. The van der Waals surface area contributed by atoms with Crippen LogP contribution in [0.2, 0.25) is 0 Å². The molecule has 1 atom stereocenters. The zero-order valence-corrected chi connectivity index (χ0v) is 13.0. The lowest BCUT2D eigenvalue weighted by atomic mass is 9.97. The average Bonchev–Trinajstić information content (AvgIpc) is 2.45. The zero-order chi connectivity index (χ0) is 15.6. The van der Waals surface area contributed by atoms with Gasteiger partial charge in [-0.25, -0.2) is 0 Å². The molecule has 0 spiro atoms. The number of benzene rings is 1. The Hall–Kier alpha value is -2.10. The van der Waals surface area contributed by atoms with Gasteiger partial charge in [0.2, 0.25) is 11.8 Å². The van der Waals surface area contributed by atoms with Crippen LogP contribution in [0.3, 0.4) is 0 Å². The minimum Gasteiger partial charge on any atom is -0.322 e. The molecule has 112 valence electrons. The summed E-state index contributed by atoms with van der Waals surface area (Å²) in [6, 6.07) is 9.12. The fourth-order valence-corrected chi connectivity index (χ4v) is 2.47. The summed E-state index contributed by atoms with van der Waals surface area (Å²) in [6.45, 7) is 7.60. The first-order valence-corrected chi connectivity index (χ1v) is 7.32. The number of carbonyl (C=O) groups is 2. The van der Waals surface area contributed by atoms with E-state index in [1.54, 1.807) is 11.1 Å². The van der Waals surface area contributed by atoms with Crippen molar-refractivity contribution in [2.24, 2.45) is 11.8 Å². The average molecular weight is 286 g/mol. The van der Waals surface area contributed by atoms with E-state index < -0.39 is 6.04 Å². The number of nitrogens with one attached hydrogen (secondary N) is 1. The summed E-state index contributed by atoms with van der Waals surface area (Å²) in [4.78, 5) is 26.4.